The Morgan fingerprint density at radius 1 is 0.912 bits per heavy atom. The number of nitrogens with zero attached hydrogens (tertiary/aromatic N) is 4. The van der Waals surface area contributed by atoms with Crippen molar-refractivity contribution in [1.29, 1.82) is 0 Å². The first-order chi connectivity index (χ1) is 16.5. The number of piperidine rings is 1. The monoisotopic (exact) mass is 478 g/mol. The number of amides is 2. The van der Waals surface area contributed by atoms with Crippen LogP contribution in [0.25, 0.3) is 5.69 Å². The molecule has 0 saturated carbocycles. The van der Waals surface area contributed by atoms with Crippen molar-refractivity contribution in [3.63, 3.8) is 0 Å². The fourth-order valence-electron chi connectivity index (χ4n) is 5.19. The van der Waals surface area contributed by atoms with Crippen LogP contribution in [0.1, 0.15) is 52.7 Å². The highest BCUT2D eigenvalue weighted by Gasteiger charge is 2.35. The molecule has 0 bridgehead atoms. The molecule has 2 fully saturated rings. The van der Waals surface area contributed by atoms with Gasteiger partial charge in [0.05, 0.1) is 23.1 Å². The topological polar surface area (TPSA) is 78.7 Å². The van der Waals surface area contributed by atoms with Gasteiger partial charge in [-0.15, -0.1) is 0 Å². The van der Waals surface area contributed by atoms with Gasteiger partial charge in [-0.2, -0.15) is 5.10 Å². The molecule has 0 radical (unpaired) electrons. The molecule has 34 heavy (non-hydrogen) atoms. The minimum absolute atomic E-state index is 0.0407. The Morgan fingerprint density at radius 3 is 2.38 bits per heavy atom. The fraction of sp³-hybridized carbons (Fsp3) is 0.346. The standard InChI is InChI=1S/C26H27ClN4O3/c27-21-8-10-22(11-9-21)31-24(20-7-4-13-30(17-20)26(33)34)23(15-28-31)25(32)29-14-12-19(16-29)18-5-2-1-3-6-18/h1-3,5-6,8-11,15,19-20H,4,7,12-14,16-17H2,(H,33,34)/t19-,20+/m0/s1. The molecule has 0 unspecified atom stereocenters. The van der Waals surface area contributed by atoms with E-state index in [2.05, 4.69) is 17.2 Å². The van der Waals surface area contributed by atoms with Crippen molar-refractivity contribution in [3.05, 3.63) is 82.6 Å². The summed E-state index contributed by atoms with van der Waals surface area (Å²) in [6.45, 7) is 2.22. The van der Waals surface area contributed by atoms with E-state index in [0.717, 1.165) is 30.6 Å². The molecule has 1 aromatic heterocycles. The van der Waals surface area contributed by atoms with Crippen LogP contribution in [-0.2, 0) is 0 Å². The van der Waals surface area contributed by atoms with Gasteiger partial charge < -0.3 is 14.9 Å². The summed E-state index contributed by atoms with van der Waals surface area (Å²) in [5.41, 5.74) is 3.39. The zero-order chi connectivity index (χ0) is 23.7. The van der Waals surface area contributed by atoms with Gasteiger partial charge in [-0.05, 0) is 49.1 Å². The van der Waals surface area contributed by atoms with Crippen LogP contribution >= 0.6 is 11.6 Å². The van der Waals surface area contributed by atoms with Gasteiger partial charge in [0.25, 0.3) is 5.91 Å². The molecule has 8 heteroatoms. The number of hydrogen-bond acceptors (Lipinski definition) is 3. The molecular weight excluding hydrogens is 452 g/mol. The zero-order valence-corrected chi connectivity index (χ0v) is 19.6. The largest absolute Gasteiger partial charge is 0.465 e. The predicted octanol–water partition coefficient (Wildman–Crippen LogP) is 5.01. The first-order valence-corrected chi connectivity index (χ1v) is 12.0. The lowest BCUT2D eigenvalue weighted by Gasteiger charge is -2.32. The number of rotatable bonds is 4. The van der Waals surface area contributed by atoms with Crippen molar-refractivity contribution in [2.24, 2.45) is 0 Å². The number of carboxylic acid groups (broad SMARTS) is 1. The smallest absolute Gasteiger partial charge is 0.407 e. The molecule has 3 heterocycles. The third-order valence-electron chi connectivity index (χ3n) is 6.93. The van der Waals surface area contributed by atoms with Crippen LogP contribution in [-0.4, -0.2) is 62.9 Å². The quantitative estimate of drug-likeness (QED) is 0.571. The second-order valence-electron chi connectivity index (χ2n) is 9.05. The molecule has 7 nitrogen and oxygen atoms in total. The lowest BCUT2D eigenvalue weighted by Crippen LogP contribution is -2.39. The number of benzene rings is 2. The Morgan fingerprint density at radius 2 is 1.65 bits per heavy atom. The van der Waals surface area contributed by atoms with Crippen LogP contribution in [0.15, 0.2) is 60.8 Å². The number of carbonyl (C=O) groups is 2. The van der Waals surface area contributed by atoms with Crippen molar-refractivity contribution in [3.8, 4) is 5.69 Å². The molecule has 5 rings (SSSR count). The zero-order valence-electron chi connectivity index (χ0n) is 18.8. The van der Waals surface area contributed by atoms with Crippen LogP contribution in [0.3, 0.4) is 0 Å². The van der Waals surface area contributed by atoms with Crippen LogP contribution in [0.4, 0.5) is 4.79 Å². The van der Waals surface area contributed by atoms with E-state index in [9.17, 15) is 14.7 Å². The summed E-state index contributed by atoms with van der Waals surface area (Å²) in [5.74, 6) is 0.160. The number of carbonyl (C=O) groups excluding carboxylic acids is 1. The van der Waals surface area contributed by atoms with E-state index in [-0.39, 0.29) is 11.8 Å². The summed E-state index contributed by atoms with van der Waals surface area (Å²) in [6.07, 6.45) is 3.18. The Labute approximate surface area is 203 Å². The van der Waals surface area contributed by atoms with Crippen molar-refractivity contribution in [2.75, 3.05) is 26.2 Å². The van der Waals surface area contributed by atoms with E-state index in [1.165, 1.54) is 10.5 Å². The molecule has 2 aliphatic heterocycles. The predicted molar refractivity (Wildman–Crippen MR) is 130 cm³/mol. The van der Waals surface area contributed by atoms with Crippen LogP contribution in [0.5, 0.6) is 0 Å². The number of hydrogen-bond donors (Lipinski definition) is 1. The lowest BCUT2D eigenvalue weighted by molar-refractivity contribution is 0.0788. The van der Waals surface area contributed by atoms with Gasteiger partial charge in [-0.3, -0.25) is 4.79 Å². The maximum absolute atomic E-state index is 13.7. The molecule has 176 valence electrons. The van der Waals surface area contributed by atoms with Crippen molar-refractivity contribution in [1.82, 2.24) is 19.6 Å². The Bertz CT molecular complexity index is 1180. The summed E-state index contributed by atoms with van der Waals surface area (Å²) in [4.78, 5) is 28.7. The average molecular weight is 479 g/mol. The van der Waals surface area contributed by atoms with E-state index in [1.54, 1.807) is 23.0 Å². The van der Waals surface area contributed by atoms with Gasteiger partial charge in [-0.25, -0.2) is 9.48 Å². The first-order valence-electron chi connectivity index (χ1n) is 11.7. The molecule has 3 aromatic rings. The number of likely N-dealkylation sites (tertiary alicyclic amines) is 2. The summed E-state index contributed by atoms with van der Waals surface area (Å²) in [7, 11) is 0. The van der Waals surface area contributed by atoms with Crippen LogP contribution in [0, 0.1) is 0 Å². The lowest BCUT2D eigenvalue weighted by atomic mass is 9.92. The number of halogens is 1. The van der Waals surface area contributed by atoms with E-state index in [0.29, 0.717) is 42.7 Å². The molecular formula is C26H27ClN4O3. The molecule has 2 atom stereocenters. The average Bonchev–Trinajstić information content (AvgIpc) is 3.53. The Balaban J connectivity index is 1.47. The highest BCUT2D eigenvalue weighted by molar-refractivity contribution is 6.30. The van der Waals surface area contributed by atoms with Gasteiger partial charge in [0.2, 0.25) is 0 Å². The second-order valence-corrected chi connectivity index (χ2v) is 9.48. The first kappa shape index (κ1) is 22.5. The molecule has 1 N–H and O–H groups in total. The normalized spacial score (nSPS) is 20.5. The Hall–Kier alpha value is -3.32. The van der Waals surface area contributed by atoms with Gasteiger partial charge in [-0.1, -0.05) is 41.9 Å². The molecule has 2 amide bonds. The summed E-state index contributed by atoms with van der Waals surface area (Å²) in [5, 5.41) is 14.8. The third kappa shape index (κ3) is 4.40. The van der Waals surface area contributed by atoms with Crippen molar-refractivity contribution >= 4 is 23.6 Å². The molecule has 0 spiro atoms. The van der Waals surface area contributed by atoms with Gasteiger partial charge in [0.1, 0.15) is 0 Å². The maximum Gasteiger partial charge on any atom is 0.407 e. The second kappa shape index (κ2) is 9.50. The van der Waals surface area contributed by atoms with E-state index >= 15 is 0 Å². The van der Waals surface area contributed by atoms with E-state index in [4.69, 9.17) is 11.6 Å². The van der Waals surface area contributed by atoms with E-state index < -0.39 is 6.09 Å². The van der Waals surface area contributed by atoms with Crippen LogP contribution < -0.4 is 0 Å². The molecule has 2 aromatic carbocycles. The molecule has 2 saturated heterocycles. The maximum atomic E-state index is 13.7. The van der Waals surface area contributed by atoms with Crippen molar-refractivity contribution in [2.45, 2.75) is 31.1 Å². The minimum atomic E-state index is -0.930. The number of aromatic nitrogens is 2. The summed E-state index contributed by atoms with van der Waals surface area (Å²) in [6, 6.07) is 17.6. The minimum Gasteiger partial charge on any atom is -0.465 e. The van der Waals surface area contributed by atoms with Gasteiger partial charge in [0, 0.05) is 43.0 Å². The van der Waals surface area contributed by atoms with E-state index in [1.807, 2.05) is 35.2 Å². The van der Waals surface area contributed by atoms with Gasteiger partial charge in [0.15, 0.2) is 0 Å². The molecule has 0 aliphatic carbocycles. The Kier molecular flexibility index (Phi) is 6.28. The van der Waals surface area contributed by atoms with Crippen LogP contribution in [0.2, 0.25) is 5.02 Å². The summed E-state index contributed by atoms with van der Waals surface area (Å²) >= 11 is 6.09. The SMILES string of the molecule is O=C(O)N1CCC[C@@H](c2c(C(=O)N3CC[C@H](c4ccccc4)C3)cnn2-c2ccc(Cl)cc2)C1. The van der Waals surface area contributed by atoms with Crippen molar-refractivity contribution < 1.29 is 14.7 Å². The fourth-order valence-corrected chi connectivity index (χ4v) is 5.32. The molecule has 2 aliphatic rings. The van der Waals surface area contributed by atoms with Gasteiger partial charge >= 0.3 is 6.09 Å². The summed E-state index contributed by atoms with van der Waals surface area (Å²) < 4.78 is 1.78. The highest BCUT2D eigenvalue weighted by atomic mass is 35.5. The third-order valence-corrected chi connectivity index (χ3v) is 7.19. The highest BCUT2D eigenvalue weighted by Crippen LogP contribution is 2.34.